The number of hydrogen-bond donors (Lipinski definition) is 1. The molecule has 1 fully saturated rings. The van der Waals surface area contributed by atoms with Crippen molar-refractivity contribution >= 4 is 35.3 Å². The minimum atomic E-state index is -0.618. The summed E-state index contributed by atoms with van der Waals surface area (Å²) < 4.78 is 18.1. The van der Waals surface area contributed by atoms with Crippen LogP contribution in [0.1, 0.15) is 38.8 Å². The molecule has 0 aliphatic carbocycles. The van der Waals surface area contributed by atoms with Crippen LogP contribution >= 0.6 is 11.6 Å². The van der Waals surface area contributed by atoms with E-state index in [9.17, 15) is 10.4 Å². The Morgan fingerprint density at radius 2 is 1.86 bits per heavy atom. The highest BCUT2D eigenvalue weighted by Crippen LogP contribution is 2.38. The molecule has 1 N–H and O–H groups in total. The molecule has 1 aliphatic heterocycles. The van der Waals surface area contributed by atoms with Gasteiger partial charge in [0, 0.05) is 5.46 Å². The molecule has 1 saturated heterocycles. The van der Waals surface area contributed by atoms with E-state index in [1.807, 2.05) is 39.8 Å². The monoisotopic (exact) mass is 410 g/mol. The third-order valence-electron chi connectivity index (χ3n) is 5.62. The number of aliphatic hydroxyl groups is 1. The van der Waals surface area contributed by atoms with Gasteiger partial charge in [-0.05, 0) is 51.5 Å². The van der Waals surface area contributed by atoms with Gasteiger partial charge < -0.3 is 18.8 Å². The van der Waals surface area contributed by atoms with Crippen LogP contribution < -0.4 is 5.46 Å². The molecule has 1 aromatic heterocycles. The van der Waals surface area contributed by atoms with E-state index in [0.29, 0.717) is 38.3 Å². The second kappa shape index (κ2) is 6.86. The van der Waals surface area contributed by atoms with Crippen LogP contribution in [0, 0.1) is 11.3 Å². The van der Waals surface area contributed by atoms with E-state index >= 15 is 0 Å². The lowest BCUT2D eigenvalue weighted by molar-refractivity contribution is 0.00578. The highest BCUT2D eigenvalue weighted by atomic mass is 35.5. The summed E-state index contributed by atoms with van der Waals surface area (Å²) in [7, 11) is -0.618. The molecule has 0 radical (unpaired) electrons. The van der Waals surface area contributed by atoms with Gasteiger partial charge in [0.25, 0.3) is 0 Å². The first kappa shape index (κ1) is 19.9. The number of hydrogen-bond acceptors (Lipinski definition) is 6. The molecule has 148 valence electrons. The topological polar surface area (TPSA) is 88.5 Å². The Morgan fingerprint density at radius 1 is 1.17 bits per heavy atom. The first-order chi connectivity index (χ1) is 13.7. The van der Waals surface area contributed by atoms with Crippen molar-refractivity contribution in [2.24, 2.45) is 0 Å². The van der Waals surface area contributed by atoms with Gasteiger partial charge in [0.2, 0.25) is 5.89 Å². The fourth-order valence-corrected chi connectivity index (χ4v) is 3.54. The number of benzene rings is 2. The Balaban J connectivity index is 1.80. The molecule has 0 spiro atoms. The number of halogens is 1. The van der Waals surface area contributed by atoms with Gasteiger partial charge in [-0.3, -0.25) is 0 Å². The highest BCUT2D eigenvalue weighted by molar-refractivity contribution is 6.66. The molecule has 2 aromatic carbocycles. The molecule has 4 rings (SSSR count). The predicted molar refractivity (Wildman–Crippen MR) is 111 cm³/mol. The Morgan fingerprint density at radius 3 is 2.48 bits per heavy atom. The lowest BCUT2D eigenvalue weighted by Crippen LogP contribution is -2.41. The molecule has 1 aliphatic rings. The standard InChI is InChI=1S/C21H20BClN2O4/c1-20(2)21(3,4)29-22(28-20)15-7-5-6-14(17(15)23)19-25-16-9-12(11-26)8-13(10-24)18(16)27-19/h5-9,26H,11H2,1-4H3. The van der Waals surface area contributed by atoms with Crippen LogP contribution in [0.25, 0.3) is 22.6 Å². The lowest BCUT2D eigenvalue weighted by atomic mass is 9.78. The summed E-state index contributed by atoms with van der Waals surface area (Å²) in [5, 5.41) is 19.2. The van der Waals surface area contributed by atoms with E-state index in [0.717, 1.165) is 0 Å². The third-order valence-corrected chi connectivity index (χ3v) is 6.04. The number of nitriles is 1. The van der Waals surface area contributed by atoms with E-state index in [2.05, 4.69) is 11.1 Å². The van der Waals surface area contributed by atoms with Gasteiger partial charge in [0.15, 0.2) is 5.58 Å². The molecule has 3 aromatic rings. The summed E-state index contributed by atoms with van der Waals surface area (Å²) in [6, 6.07) is 10.8. The summed E-state index contributed by atoms with van der Waals surface area (Å²) in [5.41, 5.74) is 2.02. The first-order valence-corrected chi connectivity index (χ1v) is 9.63. The van der Waals surface area contributed by atoms with Crippen LogP contribution in [0.5, 0.6) is 0 Å². The molecule has 0 atom stereocenters. The molecule has 2 heterocycles. The summed E-state index contributed by atoms with van der Waals surface area (Å²) in [5.74, 6) is 0.287. The average Bonchev–Trinajstić information content (AvgIpc) is 3.18. The van der Waals surface area contributed by atoms with Crippen LogP contribution in [0.15, 0.2) is 34.7 Å². The summed E-state index contributed by atoms with van der Waals surface area (Å²) in [6.07, 6.45) is 0. The van der Waals surface area contributed by atoms with Crippen LogP contribution in [0.3, 0.4) is 0 Å². The largest absolute Gasteiger partial charge is 0.496 e. The fourth-order valence-electron chi connectivity index (χ4n) is 3.25. The van der Waals surface area contributed by atoms with Crippen LogP contribution in [0.2, 0.25) is 5.02 Å². The Kier molecular flexibility index (Phi) is 4.71. The molecule has 0 bridgehead atoms. The zero-order valence-electron chi connectivity index (χ0n) is 16.6. The van der Waals surface area contributed by atoms with Gasteiger partial charge in [-0.1, -0.05) is 23.7 Å². The Hall–Kier alpha value is -2.37. The van der Waals surface area contributed by atoms with Crippen molar-refractivity contribution in [2.45, 2.75) is 45.5 Å². The quantitative estimate of drug-likeness (QED) is 0.661. The SMILES string of the molecule is CC1(C)OB(c2cccc(-c3nc4cc(CO)cc(C#N)c4o3)c2Cl)OC1(C)C. The average molecular weight is 411 g/mol. The van der Waals surface area contributed by atoms with Gasteiger partial charge in [0.05, 0.1) is 34.0 Å². The highest BCUT2D eigenvalue weighted by Gasteiger charge is 2.52. The summed E-state index contributed by atoms with van der Waals surface area (Å²) in [4.78, 5) is 4.49. The molecule has 29 heavy (non-hydrogen) atoms. The van der Waals surface area contributed by atoms with E-state index < -0.39 is 18.3 Å². The van der Waals surface area contributed by atoms with Crippen molar-refractivity contribution in [3.8, 4) is 17.5 Å². The van der Waals surface area contributed by atoms with Crippen molar-refractivity contribution < 1.29 is 18.8 Å². The zero-order chi connectivity index (χ0) is 21.0. The van der Waals surface area contributed by atoms with E-state index in [-0.39, 0.29) is 12.5 Å². The van der Waals surface area contributed by atoms with Crippen LogP contribution in [0.4, 0.5) is 0 Å². The molecular weight excluding hydrogens is 391 g/mol. The summed E-state index contributed by atoms with van der Waals surface area (Å²) >= 11 is 6.70. The fraction of sp³-hybridized carbons (Fsp3) is 0.333. The van der Waals surface area contributed by atoms with Gasteiger partial charge in [-0.25, -0.2) is 4.98 Å². The number of nitrogens with zero attached hydrogens (tertiary/aromatic N) is 2. The molecule has 6 nitrogen and oxygen atoms in total. The van der Waals surface area contributed by atoms with Gasteiger partial charge >= 0.3 is 7.12 Å². The van der Waals surface area contributed by atoms with Crippen LogP contribution in [-0.2, 0) is 15.9 Å². The van der Waals surface area contributed by atoms with Gasteiger partial charge in [0.1, 0.15) is 11.6 Å². The second-order valence-corrected chi connectivity index (χ2v) is 8.46. The van der Waals surface area contributed by atoms with Crippen LogP contribution in [-0.4, -0.2) is 28.4 Å². The van der Waals surface area contributed by atoms with E-state index in [1.54, 1.807) is 18.2 Å². The third kappa shape index (κ3) is 3.23. The maximum Gasteiger partial charge on any atom is 0.496 e. The van der Waals surface area contributed by atoms with Gasteiger partial charge in [-0.15, -0.1) is 0 Å². The predicted octanol–water partition coefficient (Wildman–Crippen LogP) is 3.81. The first-order valence-electron chi connectivity index (χ1n) is 9.25. The number of rotatable bonds is 3. The maximum absolute atomic E-state index is 9.41. The maximum atomic E-state index is 9.41. The Labute approximate surface area is 174 Å². The second-order valence-electron chi connectivity index (χ2n) is 8.08. The minimum absolute atomic E-state index is 0.190. The number of fused-ring (bicyclic) bond motifs is 1. The van der Waals surface area contributed by atoms with E-state index in [1.165, 1.54) is 0 Å². The number of aromatic nitrogens is 1. The van der Waals surface area contributed by atoms with Crippen molar-refractivity contribution in [3.63, 3.8) is 0 Å². The molecule has 0 saturated carbocycles. The lowest BCUT2D eigenvalue weighted by Gasteiger charge is -2.32. The molecule has 8 heteroatoms. The summed E-state index contributed by atoms with van der Waals surface area (Å²) in [6.45, 7) is 7.73. The smallest absolute Gasteiger partial charge is 0.435 e. The van der Waals surface area contributed by atoms with Crippen molar-refractivity contribution in [1.29, 1.82) is 5.26 Å². The van der Waals surface area contributed by atoms with Crippen molar-refractivity contribution in [1.82, 2.24) is 4.98 Å². The molecule has 0 unspecified atom stereocenters. The minimum Gasteiger partial charge on any atom is -0.435 e. The zero-order valence-corrected chi connectivity index (χ0v) is 17.4. The Bertz CT molecular complexity index is 1130. The number of aliphatic hydroxyl groups excluding tert-OH is 1. The van der Waals surface area contributed by atoms with Crippen molar-refractivity contribution in [2.75, 3.05) is 0 Å². The van der Waals surface area contributed by atoms with Crippen molar-refractivity contribution in [3.05, 3.63) is 46.5 Å². The molecule has 0 amide bonds. The number of oxazole rings is 1. The molecular formula is C21H20BClN2O4. The normalized spacial score (nSPS) is 17.6. The van der Waals surface area contributed by atoms with E-state index in [4.69, 9.17) is 25.3 Å². The van der Waals surface area contributed by atoms with Gasteiger partial charge in [-0.2, -0.15) is 5.26 Å².